The fourth-order valence-electron chi connectivity index (χ4n) is 7.28. The number of unbranched alkanes of at least 4 members (excludes halogenated alkanes) is 7. The molecule has 16 heteroatoms. The molecule has 1 heterocycles. The van der Waals surface area contributed by atoms with Crippen LogP contribution in [-0.4, -0.2) is 103 Å². The van der Waals surface area contributed by atoms with Crippen LogP contribution in [0.25, 0.3) is 0 Å². The zero-order valence-corrected chi connectivity index (χ0v) is 37.1. The average Bonchev–Trinajstić information content (AvgIpc) is 3.24. The van der Waals surface area contributed by atoms with Gasteiger partial charge in [-0.3, -0.25) is 24.0 Å². The van der Waals surface area contributed by atoms with Gasteiger partial charge in [0, 0.05) is 26.2 Å². The molecular weight excluding hydrogens is 801 g/mol. The van der Waals surface area contributed by atoms with Crippen molar-refractivity contribution in [1.29, 1.82) is 0 Å². The van der Waals surface area contributed by atoms with Gasteiger partial charge in [0.15, 0.2) is 6.29 Å². The zero-order valence-electron chi connectivity index (χ0n) is 37.1. The Bertz CT molecular complexity index is 1650. The predicted molar refractivity (Wildman–Crippen MR) is 231 cm³/mol. The third-order valence-corrected chi connectivity index (χ3v) is 11.0. The number of hydrogen-bond donors (Lipinski definition) is 5. The molecule has 0 radical (unpaired) electrons. The maximum absolute atomic E-state index is 13.8. The SMILES string of the molecule is COC(=O)CC[C@@H](NC(=O)[C@](N)(CC(C)O[C@@H]1[C@@H](NC(C)=O)[C@@H](O)O[C@H](COC(=O)CCCCCCCCCCOc2ccccc2)[C@H]1OCc1ccccc1)C(C)C)C(N)=O. The predicted octanol–water partition coefficient (Wildman–Crippen LogP) is 4.37. The number of amides is 3. The molecule has 1 aliphatic heterocycles. The Kier molecular flexibility index (Phi) is 22.9. The van der Waals surface area contributed by atoms with Crippen molar-refractivity contribution < 1.29 is 57.5 Å². The maximum atomic E-state index is 13.8. The Labute approximate surface area is 366 Å². The summed E-state index contributed by atoms with van der Waals surface area (Å²) >= 11 is 0. The van der Waals surface area contributed by atoms with Gasteiger partial charge in [-0.05, 0) is 49.8 Å². The van der Waals surface area contributed by atoms with Crippen LogP contribution < -0.4 is 26.8 Å². The van der Waals surface area contributed by atoms with Gasteiger partial charge in [0.05, 0.1) is 26.4 Å². The second kappa shape index (κ2) is 27.4. The zero-order chi connectivity index (χ0) is 45.5. The van der Waals surface area contributed by atoms with Crippen molar-refractivity contribution in [2.45, 2.75) is 160 Å². The molecule has 2 aromatic rings. The summed E-state index contributed by atoms with van der Waals surface area (Å²) in [5.41, 5.74) is 11.5. The van der Waals surface area contributed by atoms with Gasteiger partial charge < -0.3 is 55.6 Å². The summed E-state index contributed by atoms with van der Waals surface area (Å²) in [4.78, 5) is 63.2. The van der Waals surface area contributed by atoms with Crippen molar-refractivity contribution in [3.63, 3.8) is 0 Å². The molecule has 346 valence electrons. The van der Waals surface area contributed by atoms with E-state index < -0.39 is 83.9 Å². The standard InChI is InChI=1S/C46H70N4O12/c1-31(2)46(48,45(56)50-36(43(47)54)25-26-38(52)57-5)28-32(3)61-42-40(49-33(4)51)44(55)62-37(41(42)60-29-34-20-14-12-15-21-34)30-59-39(53)24-18-10-8-6-7-9-11-19-27-58-35-22-16-13-17-23-35/h12-17,20-23,31-32,36-37,40-42,44,55H,6-11,18-19,24-30,48H2,1-5H3,(H2,47,54)(H,49,51)(H,50,56)/t32?,36-,37-,40-,41-,42-,44+,46+/m1/s1. The number of benzene rings is 2. The first-order valence-corrected chi connectivity index (χ1v) is 21.9. The summed E-state index contributed by atoms with van der Waals surface area (Å²) in [6, 6.07) is 16.8. The molecule has 7 N–H and O–H groups in total. The van der Waals surface area contributed by atoms with Crippen molar-refractivity contribution in [2.75, 3.05) is 20.3 Å². The molecule has 16 nitrogen and oxygen atoms in total. The summed E-state index contributed by atoms with van der Waals surface area (Å²) in [7, 11) is 1.21. The number of carbonyl (C=O) groups excluding carboxylic acids is 5. The molecule has 1 saturated heterocycles. The van der Waals surface area contributed by atoms with Crippen LogP contribution in [0.4, 0.5) is 0 Å². The summed E-state index contributed by atoms with van der Waals surface area (Å²) in [5.74, 6) is -2.60. The van der Waals surface area contributed by atoms with E-state index in [4.69, 9.17) is 35.2 Å². The van der Waals surface area contributed by atoms with Crippen LogP contribution in [-0.2, 0) is 54.3 Å². The Morgan fingerprint density at radius 2 is 1.45 bits per heavy atom. The van der Waals surface area contributed by atoms with Crippen molar-refractivity contribution >= 4 is 29.7 Å². The number of nitrogens with one attached hydrogen (secondary N) is 2. The Hall–Kier alpha value is -4.61. The van der Waals surface area contributed by atoms with Gasteiger partial charge in [-0.2, -0.15) is 0 Å². The normalized spacial score (nSPS) is 20.6. The first-order chi connectivity index (χ1) is 29.6. The number of nitrogens with two attached hydrogens (primary N) is 2. The van der Waals surface area contributed by atoms with E-state index in [9.17, 15) is 29.1 Å². The quantitative estimate of drug-likeness (QED) is 0.0565. The minimum absolute atomic E-state index is 0.0893. The van der Waals surface area contributed by atoms with E-state index in [0.717, 1.165) is 56.3 Å². The Balaban J connectivity index is 1.64. The average molecular weight is 871 g/mol. The number of methoxy groups -OCH3 is 1. The van der Waals surface area contributed by atoms with Gasteiger partial charge >= 0.3 is 11.9 Å². The minimum Gasteiger partial charge on any atom is -0.494 e. The van der Waals surface area contributed by atoms with E-state index in [0.29, 0.717) is 13.0 Å². The molecule has 8 atom stereocenters. The van der Waals surface area contributed by atoms with E-state index in [-0.39, 0.29) is 38.9 Å². The molecule has 0 aromatic heterocycles. The number of esters is 2. The maximum Gasteiger partial charge on any atom is 0.305 e. The van der Waals surface area contributed by atoms with E-state index in [1.54, 1.807) is 20.8 Å². The van der Waals surface area contributed by atoms with Crippen LogP contribution in [0.15, 0.2) is 60.7 Å². The number of para-hydroxylation sites is 1. The third kappa shape index (κ3) is 18.0. The first-order valence-electron chi connectivity index (χ1n) is 21.9. The fourth-order valence-corrected chi connectivity index (χ4v) is 7.28. The van der Waals surface area contributed by atoms with Crippen LogP contribution in [0, 0.1) is 5.92 Å². The smallest absolute Gasteiger partial charge is 0.305 e. The molecular formula is C46H70N4O12. The summed E-state index contributed by atoms with van der Waals surface area (Å²) < 4.78 is 35.1. The van der Waals surface area contributed by atoms with Gasteiger partial charge in [-0.1, -0.05) is 101 Å². The number of primary amides is 1. The van der Waals surface area contributed by atoms with Gasteiger partial charge in [-0.15, -0.1) is 0 Å². The monoisotopic (exact) mass is 870 g/mol. The van der Waals surface area contributed by atoms with Gasteiger partial charge in [0.1, 0.15) is 48.3 Å². The number of ether oxygens (including phenoxy) is 6. The molecule has 0 spiro atoms. The lowest BCUT2D eigenvalue weighted by molar-refractivity contribution is -0.280. The largest absolute Gasteiger partial charge is 0.494 e. The van der Waals surface area contributed by atoms with E-state index in [2.05, 4.69) is 15.4 Å². The Morgan fingerprint density at radius 3 is 2.05 bits per heavy atom. The van der Waals surface area contributed by atoms with Gasteiger partial charge in [0.25, 0.3) is 0 Å². The van der Waals surface area contributed by atoms with Crippen LogP contribution in [0.3, 0.4) is 0 Å². The van der Waals surface area contributed by atoms with Crippen LogP contribution >= 0.6 is 0 Å². The second-order valence-electron chi connectivity index (χ2n) is 16.3. The molecule has 1 fully saturated rings. The van der Waals surface area contributed by atoms with E-state index >= 15 is 0 Å². The molecule has 3 rings (SSSR count). The highest BCUT2D eigenvalue weighted by atomic mass is 16.7. The molecule has 0 aliphatic carbocycles. The molecule has 0 bridgehead atoms. The summed E-state index contributed by atoms with van der Waals surface area (Å²) in [5, 5.41) is 16.6. The number of carbonyl (C=O) groups is 5. The summed E-state index contributed by atoms with van der Waals surface area (Å²) in [6.45, 7) is 6.97. The summed E-state index contributed by atoms with van der Waals surface area (Å²) in [6.07, 6.45) is 2.37. The molecule has 62 heavy (non-hydrogen) atoms. The lowest BCUT2D eigenvalue weighted by Gasteiger charge is -2.46. The fraction of sp³-hybridized carbons (Fsp3) is 0.630. The third-order valence-electron chi connectivity index (χ3n) is 11.0. The van der Waals surface area contributed by atoms with Crippen molar-refractivity contribution in [1.82, 2.24) is 10.6 Å². The highest BCUT2D eigenvalue weighted by Gasteiger charge is 2.49. The minimum atomic E-state index is -1.61. The number of aliphatic hydroxyl groups is 1. The van der Waals surface area contributed by atoms with Crippen LogP contribution in [0.1, 0.15) is 110 Å². The van der Waals surface area contributed by atoms with E-state index in [1.807, 2.05) is 60.7 Å². The molecule has 1 unspecified atom stereocenters. The lowest BCUT2D eigenvalue weighted by atomic mass is 9.81. The first kappa shape index (κ1) is 51.7. The highest BCUT2D eigenvalue weighted by molar-refractivity contribution is 5.92. The van der Waals surface area contributed by atoms with Crippen molar-refractivity contribution in [2.24, 2.45) is 17.4 Å². The lowest BCUT2D eigenvalue weighted by Crippen LogP contribution is -2.66. The highest BCUT2D eigenvalue weighted by Crippen LogP contribution is 2.30. The van der Waals surface area contributed by atoms with Gasteiger partial charge in [0.2, 0.25) is 17.7 Å². The molecule has 2 aromatic carbocycles. The number of rotatable bonds is 29. The van der Waals surface area contributed by atoms with Crippen molar-refractivity contribution in [3.8, 4) is 5.75 Å². The number of aliphatic hydroxyl groups excluding tert-OH is 1. The molecule has 1 aliphatic rings. The topological polar surface area (TPSA) is 237 Å². The molecule has 0 saturated carbocycles. The number of hydrogen-bond acceptors (Lipinski definition) is 13. The van der Waals surface area contributed by atoms with Crippen LogP contribution in [0.2, 0.25) is 0 Å². The molecule has 3 amide bonds. The van der Waals surface area contributed by atoms with Crippen molar-refractivity contribution in [3.05, 3.63) is 66.2 Å². The Morgan fingerprint density at radius 1 is 0.839 bits per heavy atom. The second-order valence-corrected chi connectivity index (χ2v) is 16.3. The van der Waals surface area contributed by atoms with E-state index in [1.165, 1.54) is 14.0 Å². The van der Waals surface area contributed by atoms with Gasteiger partial charge in [-0.25, -0.2) is 0 Å². The van der Waals surface area contributed by atoms with Crippen LogP contribution in [0.5, 0.6) is 5.75 Å².